The Morgan fingerprint density at radius 2 is 1.57 bits per heavy atom. The van der Waals surface area contributed by atoms with Crippen LogP contribution in [-0.4, -0.2) is 79.1 Å². The number of aromatic nitrogens is 2. The maximum Gasteiger partial charge on any atom is 0.307 e. The molecule has 252 valence electrons. The molecule has 2 aromatic carbocycles. The van der Waals surface area contributed by atoms with E-state index in [9.17, 15) is 14.4 Å². The van der Waals surface area contributed by atoms with Gasteiger partial charge in [-0.2, -0.15) is 0 Å². The van der Waals surface area contributed by atoms with Crippen LogP contribution >= 0.6 is 11.6 Å². The predicted molar refractivity (Wildman–Crippen MR) is 182 cm³/mol. The number of ether oxygens (including phenoxy) is 2. The van der Waals surface area contributed by atoms with Crippen LogP contribution in [0.1, 0.15) is 70.5 Å². The highest BCUT2D eigenvalue weighted by atomic mass is 35.5. The van der Waals surface area contributed by atoms with Gasteiger partial charge in [0.1, 0.15) is 11.4 Å². The molecule has 0 bridgehead atoms. The Hall–Kier alpha value is -4.22. The lowest BCUT2D eigenvalue weighted by atomic mass is 9.89. The van der Waals surface area contributed by atoms with E-state index in [-0.39, 0.29) is 59.0 Å². The van der Waals surface area contributed by atoms with Gasteiger partial charge >= 0.3 is 5.97 Å². The second kappa shape index (κ2) is 17.1. The number of nitrogens with two attached hydrogens (primary N) is 2. The maximum absolute atomic E-state index is 13.3. The highest BCUT2D eigenvalue weighted by molar-refractivity contribution is 6.31. The Bertz CT molecular complexity index is 1520. The minimum Gasteiger partial charge on any atom is -0.497 e. The molecule has 4 rings (SSSR count). The van der Waals surface area contributed by atoms with Gasteiger partial charge in [-0.05, 0) is 61.1 Å². The zero-order valence-electron chi connectivity index (χ0n) is 27.3. The molecule has 0 saturated carbocycles. The summed E-state index contributed by atoms with van der Waals surface area (Å²) in [6, 6.07) is 15.9. The zero-order chi connectivity index (χ0) is 33.8. The molecule has 2 heterocycles. The Kier molecular flexibility index (Phi) is 12.9. The Labute approximate surface area is 281 Å². The monoisotopic (exact) mass is 665 g/mol. The van der Waals surface area contributed by atoms with Crippen molar-refractivity contribution in [1.29, 1.82) is 0 Å². The number of halogens is 1. The van der Waals surface area contributed by atoms with Crippen LogP contribution in [0.15, 0.2) is 48.5 Å². The van der Waals surface area contributed by atoms with Gasteiger partial charge in [0.05, 0.1) is 46.8 Å². The molecule has 12 heteroatoms. The van der Waals surface area contributed by atoms with Gasteiger partial charge in [0, 0.05) is 37.3 Å². The van der Waals surface area contributed by atoms with E-state index in [1.165, 1.54) is 12.7 Å². The minimum absolute atomic E-state index is 0.0117. The number of nitrogens with zero attached hydrogens (tertiary/aromatic N) is 3. The number of piperidine rings is 1. The standard InChI is InChI=1S/C35H45ClN6O5/c1-46-28-15-11-25(12-16-28)7-4-20-42(19-3-6-24-9-13-27(14-10-24)35(45)39-18-17-30(44)47-2)21-5-8-26(23-42)22-29(43)31-33(37)41-34(38)32(36)40-31/h9-16,26H,3-8,17-23H2,1-2H3,(H4-,37,38,39,41,43,45)/p+1. The van der Waals surface area contributed by atoms with Crippen LogP contribution in [0.3, 0.4) is 0 Å². The molecule has 1 aliphatic rings. The SMILES string of the molecule is COC(=O)CCNC(=O)c1ccc(CCC[N+]2(CCCc3ccc(OC)cc3)CCCC(CC(=O)c3nc(Cl)c(N)nc3N)C2)cc1. The number of hydrogen-bond donors (Lipinski definition) is 3. The molecule has 47 heavy (non-hydrogen) atoms. The van der Waals surface area contributed by atoms with Crippen molar-refractivity contribution in [2.75, 3.05) is 58.4 Å². The second-order valence-corrected chi connectivity index (χ2v) is 12.7. The molecule has 1 aliphatic heterocycles. The van der Waals surface area contributed by atoms with Crippen molar-refractivity contribution in [3.63, 3.8) is 0 Å². The number of amides is 1. The number of carbonyl (C=O) groups is 3. The van der Waals surface area contributed by atoms with E-state index >= 15 is 0 Å². The molecule has 1 fully saturated rings. The van der Waals surface area contributed by atoms with Gasteiger partial charge in [-0.1, -0.05) is 35.9 Å². The van der Waals surface area contributed by atoms with Crippen LogP contribution in [0.4, 0.5) is 11.6 Å². The molecule has 5 N–H and O–H groups in total. The second-order valence-electron chi connectivity index (χ2n) is 12.3. The topological polar surface area (TPSA) is 160 Å². The highest BCUT2D eigenvalue weighted by Gasteiger charge is 2.36. The molecule has 3 aromatic rings. The average molecular weight is 666 g/mol. The van der Waals surface area contributed by atoms with Crippen molar-refractivity contribution >= 4 is 40.9 Å². The van der Waals surface area contributed by atoms with Crippen LogP contribution in [0, 0.1) is 5.92 Å². The molecular weight excluding hydrogens is 620 g/mol. The molecular formula is C35H46ClN6O5+. The number of hydrogen-bond acceptors (Lipinski definition) is 9. The summed E-state index contributed by atoms with van der Waals surface area (Å²) in [7, 11) is 3.00. The first-order valence-electron chi connectivity index (χ1n) is 16.1. The van der Waals surface area contributed by atoms with Crippen molar-refractivity contribution < 1.29 is 28.3 Å². The molecule has 1 saturated heterocycles. The van der Waals surface area contributed by atoms with Gasteiger partial charge in [0.25, 0.3) is 5.91 Å². The predicted octanol–water partition coefficient (Wildman–Crippen LogP) is 4.66. The number of rotatable bonds is 16. The van der Waals surface area contributed by atoms with E-state index in [0.29, 0.717) is 12.0 Å². The molecule has 0 spiro atoms. The lowest BCUT2D eigenvalue weighted by molar-refractivity contribution is -0.936. The van der Waals surface area contributed by atoms with E-state index < -0.39 is 0 Å². The number of benzene rings is 2. The van der Waals surface area contributed by atoms with Gasteiger partial charge in [-0.15, -0.1) is 0 Å². The summed E-state index contributed by atoms with van der Waals surface area (Å²) >= 11 is 6.06. The summed E-state index contributed by atoms with van der Waals surface area (Å²) in [4.78, 5) is 45.2. The fourth-order valence-corrected chi connectivity index (χ4v) is 6.60. The fourth-order valence-electron chi connectivity index (χ4n) is 6.47. The van der Waals surface area contributed by atoms with E-state index in [1.807, 2.05) is 36.4 Å². The highest BCUT2D eigenvalue weighted by Crippen LogP contribution is 2.30. The number of nitrogens with one attached hydrogen (secondary N) is 1. The number of likely N-dealkylation sites (tertiary alicyclic amines) is 1. The first-order valence-corrected chi connectivity index (χ1v) is 16.5. The largest absolute Gasteiger partial charge is 0.497 e. The molecule has 0 radical (unpaired) electrons. The van der Waals surface area contributed by atoms with Gasteiger partial charge in [0.2, 0.25) is 0 Å². The van der Waals surface area contributed by atoms with E-state index in [2.05, 4.69) is 32.2 Å². The smallest absolute Gasteiger partial charge is 0.307 e. The quantitative estimate of drug-likeness (QED) is 0.112. The number of nitrogen functional groups attached to an aromatic ring is 2. The summed E-state index contributed by atoms with van der Waals surface area (Å²) < 4.78 is 10.9. The minimum atomic E-state index is -0.362. The van der Waals surface area contributed by atoms with Crippen LogP contribution < -0.4 is 21.5 Å². The van der Waals surface area contributed by atoms with E-state index in [4.69, 9.17) is 27.8 Å². The third kappa shape index (κ3) is 10.4. The number of carbonyl (C=O) groups excluding carboxylic acids is 3. The molecule has 11 nitrogen and oxygen atoms in total. The van der Waals surface area contributed by atoms with Crippen LogP contribution in [0.25, 0.3) is 0 Å². The van der Waals surface area contributed by atoms with Crippen LogP contribution in [0.2, 0.25) is 5.15 Å². The van der Waals surface area contributed by atoms with Crippen molar-refractivity contribution in [2.24, 2.45) is 5.92 Å². The number of Topliss-reactive ketones (excluding diaryl/α,β-unsaturated/α-hetero) is 1. The van der Waals surface area contributed by atoms with Crippen molar-refractivity contribution in [3.8, 4) is 5.75 Å². The summed E-state index contributed by atoms with van der Waals surface area (Å²) in [6.07, 6.45) is 6.30. The fraction of sp³-hybridized carbons (Fsp3) is 0.457. The first-order chi connectivity index (χ1) is 22.6. The molecule has 0 aliphatic carbocycles. The van der Waals surface area contributed by atoms with E-state index in [1.54, 1.807) is 7.11 Å². The van der Waals surface area contributed by atoms with Crippen molar-refractivity contribution in [1.82, 2.24) is 15.3 Å². The van der Waals surface area contributed by atoms with E-state index in [0.717, 1.165) is 80.5 Å². The number of methoxy groups -OCH3 is 2. The number of ketones is 1. The van der Waals surface area contributed by atoms with Crippen LogP contribution in [0.5, 0.6) is 5.75 Å². The summed E-state index contributed by atoms with van der Waals surface area (Å²) in [5, 5.41) is 2.74. The third-order valence-corrected chi connectivity index (χ3v) is 9.22. The summed E-state index contributed by atoms with van der Waals surface area (Å²) in [5.41, 5.74) is 14.8. The van der Waals surface area contributed by atoms with Gasteiger partial charge in [-0.25, -0.2) is 9.97 Å². The lowest BCUT2D eigenvalue weighted by Crippen LogP contribution is -2.55. The average Bonchev–Trinajstić information content (AvgIpc) is 3.07. The maximum atomic E-state index is 13.3. The number of anilines is 2. The zero-order valence-corrected chi connectivity index (χ0v) is 28.1. The van der Waals surface area contributed by atoms with Gasteiger partial charge in [0.15, 0.2) is 22.6 Å². The normalized spacial score (nSPS) is 17.6. The third-order valence-electron chi connectivity index (χ3n) is 8.95. The number of aryl methyl sites for hydroxylation is 2. The summed E-state index contributed by atoms with van der Waals surface area (Å²) in [6.45, 7) is 4.19. The van der Waals surface area contributed by atoms with Crippen molar-refractivity contribution in [2.45, 2.75) is 51.4 Å². The molecule has 1 amide bonds. The number of esters is 1. The first kappa shape index (κ1) is 35.6. The van der Waals surface area contributed by atoms with Crippen molar-refractivity contribution in [3.05, 3.63) is 76.1 Å². The summed E-state index contributed by atoms with van der Waals surface area (Å²) in [5.74, 6) is 0.322. The Morgan fingerprint density at radius 1 is 0.936 bits per heavy atom. The Morgan fingerprint density at radius 3 is 2.19 bits per heavy atom. The van der Waals surface area contributed by atoms with Crippen LogP contribution in [-0.2, 0) is 22.4 Å². The van der Waals surface area contributed by atoms with Gasteiger partial charge < -0.3 is 30.7 Å². The Balaban J connectivity index is 1.39. The molecule has 2 unspecified atom stereocenters. The lowest BCUT2D eigenvalue weighted by Gasteiger charge is -2.45. The van der Waals surface area contributed by atoms with Gasteiger partial charge in [-0.3, -0.25) is 14.4 Å². The molecule has 2 atom stereocenters. The number of quaternary nitrogens is 1. The molecule has 1 aromatic heterocycles.